The minimum atomic E-state index is -1.03. The van der Waals surface area contributed by atoms with Crippen LogP contribution < -0.4 is 4.90 Å². The predicted molar refractivity (Wildman–Crippen MR) is 78.5 cm³/mol. The maximum Gasteiger partial charge on any atom is 0.345 e. The third-order valence-corrected chi connectivity index (χ3v) is 5.54. The third-order valence-electron chi connectivity index (χ3n) is 4.48. The lowest BCUT2D eigenvalue weighted by Gasteiger charge is -2.24. The van der Waals surface area contributed by atoms with Gasteiger partial charge in [0.25, 0.3) is 0 Å². The molecule has 0 aromatic carbocycles. The van der Waals surface area contributed by atoms with Gasteiger partial charge in [0.05, 0.1) is 5.41 Å². The van der Waals surface area contributed by atoms with Crippen LogP contribution in [-0.4, -0.2) is 22.9 Å². The second-order valence-corrected chi connectivity index (χ2v) is 6.91. The Balaban J connectivity index is 1.90. The summed E-state index contributed by atoms with van der Waals surface area (Å²) < 4.78 is 0. The SMILES string of the molecule is O=C(O)c1ccc(N2C(=O)CC3(CCCCCC3)C2=O)s1. The molecule has 1 N–H and O–H groups in total. The Morgan fingerprint density at radius 2 is 1.81 bits per heavy atom. The molecule has 2 aliphatic rings. The topological polar surface area (TPSA) is 74.7 Å². The van der Waals surface area contributed by atoms with Crippen molar-refractivity contribution in [1.29, 1.82) is 0 Å². The smallest absolute Gasteiger partial charge is 0.345 e. The molecule has 2 amide bonds. The first-order valence-corrected chi connectivity index (χ1v) is 8.06. The van der Waals surface area contributed by atoms with Gasteiger partial charge in [-0.05, 0) is 25.0 Å². The molecule has 1 saturated carbocycles. The summed E-state index contributed by atoms with van der Waals surface area (Å²) in [6.07, 6.45) is 6.01. The van der Waals surface area contributed by atoms with Gasteiger partial charge in [0.2, 0.25) is 11.8 Å². The van der Waals surface area contributed by atoms with Crippen LogP contribution in [0.2, 0.25) is 0 Å². The van der Waals surface area contributed by atoms with Crippen molar-refractivity contribution in [2.75, 3.05) is 4.90 Å². The van der Waals surface area contributed by atoms with Crippen molar-refractivity contribution in [3.05, 3.63) is 17.0 Å². The van der Waals surface area contributed by atoms with E-state index in [1.807, 2.05) is 0 Å². The first kappa shape index (κ1) is 14.3. The van der Waals surface area contributed by atoms with Gasteiger partial charge in [0.1, 0.15) is 9.88 Å². The third kappa shape index (κ3) is 2.37. The molecule has 0 radical (unpaired) electrons. The van der Waals surface area contributed by atoms with Crippen LogP contribution in [-0.2, 0) is 9.59 Å². The lowest BCUT2D eigenvalue weighted by Crippen LogP contribution is -2.35. The summed E-state index contributed by atoms with van der Waals surface area (Å²) in [5, 5.41) is 9.41. The van der Waals surface area contributed by atoms with E-state index in [2.05, 4.69) is 0 Å². The van der Waals surface area contributed by atoms with Crippen molar-refractivity contribution in [2.45, 2.75) is 44.9 Å². The van der Waals surface area contributed by atoms with Crippen LogP contribution in [0.1, 0.15) is 54.6 Å². The molecule has 2 fully saturated rings. The Kier molecular flexibility index (Phi) is 3.57. The van der Waals surface area contributed by atoms with E-state index in [0.717, 1.165) is 49.9 Å². The second kappa shape index (κ2) is 5.26. The molecule has 0 bridgehead atoms. The molecule has 1 aromatic rings. The molecule has 0 atom stereocenters. The summed E-state index contributed by atoms with van der Waals surface area (Å²) in [5.74, 6) is -1.36. The molecule has 1 aromatic heterocycles. The summed E-state index contributed by atoms with van der Waals surface area (Å²) in [7, 11) is 0. The highest BCUT2D eigenvalue weighted by atomic mass is 32.1. The summed E-state index contributed by atoms with van der Waals surface area (Å²) in [6, 6.07) is 3.00. The number of hydrogen-bond donors (Lipinski definition) is 1. The number of nitrogens with zero attached hydrogens (tertiary/aromatic N) is 1. The van der Waals surface area contributed by atoms with E-state index in [0.29, 0.717) is 5.00 Å². The van der Waals surface area contributed by atoms with Gasteiger partial charge >= 0.3 is 5.97 Å². The van der Waals surface area contributed by atoms with Gasteiger partial charge in [0, 0.05) is 6.42 Å². The van der Waals surface area contributed by atoms with Crippen LogP contribution in [0.15, 0.2) is 12.1 Å². The number of carbonyl (C=O) groups excluding carboxylic acids is 2. The lowest BCUT2D eigenvalue weighted by atomic mass is 9.79. The van der Waals surface area contributed by atoms with E-state index in [4.69, 9.17) is 5.11 Å². The Bertz CT molecular complexity index is 599. The normalized spacial score (nSPS) is 21.8. The van der Waals surface area contributed by atoms with Crippen LogP contribution in [0.5, 0.6) is 0 Å². The highest BCUT2D eigenvalue weighted by Crippen LogP contribution is 2.46. The molecule has 1 aliphatic carbocycles. The van der Waals surface area contributed by atoms with E-state index < -0.39 is 11.4 Å². The van der Waals surface area contributed by atoms with Crippen LogP contribution in [0, 0.1) is 5.41 Å². The Labute approximate surface area is 126 Å². The van der Waals surface area contributed by atoms with Crippen LogP contribution >= 0.6 is 11.3 Å². The minimum Gasteiger partial charge on any atom is -0.477 e. The van der Waals surface area contributed by atoms with E-state index in [-0.39, 0.29) is 23.1 Å². The maximum atomic E-state index is 12.8. The zero-order valence-corrected chi connectivity index (χ0v) is 12.4. The van der Waals surface area contributed by atoms with Crippen LogP contribution in [0.4, 0.5) is 5.00 Å². The minimum absolute atomic E-state index is 0.131. The zero-order valence-electron chi connectivity index (χ0n) is 11.6. The van der Waals surface area contributed by atoms with Crippen LogP contribution in [0.25, 0.3) is 0 Å². The molecule has 6 heteroatoms. The number of anilines is 1. The average Bonchev–Trinajstić information content (AvgIpc) is 2.90. The predicted octanol–water partition coefficient (Wildman–Crippen LogP) is 3.05. The molecule has 1 saturated heterocycles. The Morgan fingerprint density at radius 1 is 1.14 bits per heavy atom. The summed E-state index contributed by atoms with van der Waals surface area (Å²) >= 11 is 0.983. The van der Waals surface area contributed by atoms with Crippen molar-refractivity contribution in [3.63, 3.8) is 0 Å². The molecular formula is C15H17NO4S. The van der Waals surface area contributed by atoms with E-state index >= 15 is 0 Å². The van der Waals surface area contributed by atoms with Crippen molar-refractivity contribution in [1.82, 2.24) is 0 Å². The monoisotopic (exact) mass is 307 g/mol. The van der Waals surface area contributed by atoms with Gasteiger partial charge < -0.3 is 5.11 Å². The van der Waals surface area contributed by atoms with Crippen molar-refractivity contribution in [2.24, 2.45) is 5.41 Å². The molecule has 2 heterocycles. The number of imide groups is 1. The fourth-order valence-corrected chi connectivity index (χ4v) is 4.24. The largest absolute Gasteiger partial charge is 0.477 e. The summed E-state index contributed by atoms with van der Waals surface area (Å²) in [6.45, 7) is 0. The van der Waals surface area contributed by atoms with Gasteiger partial charge in [-0.15, -0.1) is 11.3 Å². The van der Waals surface area contributed by atoms with E-state index in [1.165, 1.54) is 11.0 Å². The van der Waals surface area contributed by atoms with Gasteiger partial charge in [-0.3, -0.25) is 9.59 Å². The number of hydrogen-bond acceptors (Lipinski definition) is 4. The van der Waals surface area contributed by atoms with Crippen LogP contribution in [0.3, 0.4) is 0 Å². The molecule has 1 spiro atoms. The number of carboxylic acid groups (broad SMARTS) is 1. The van der Waals surface area contributed by atoms with Gasteiger partial charge in [-0.1, -0.05) is 25.7 Å². The number of carbonyl (C=O) groups is 3. The molecule has 21 heavy (non-hydrogen) atoms. The molecule has 5 nitrogen and oxygen atoms in total. The fourth-order valence-electron chi connectivity index (χ4n) is 3.38. The summed E-state index contributed by atoms with van der Waals surface area (Å²) in [5.41, 5.74) is -0.541. The first-order valence-electron chi connectivity index (χ1n) is 7.24. The maximum absolute atomic E-state index is 12.8. The fraction of sp³-hybridized carbons (Fsp3) is 0.533. The van der Waals surface area contributed by atoms with Crippen molar-refractivity contribution >= 4 is 34.1 Å². The highest BCUT2D eigenvalue weighted by molar-refractivity contribution is 7.18. The first-order chi connectivity index (χ1) is 10.0. The van der Waals surface area contributed by atoms with Crippen molar-refractivity contribution in [3.8, 4) is 0 Å². The quantitative estimate of drug-likeness (QED) is 0.852. The highest BCUT2D eigenvalue weighted by Gasteiger charge is 2.51. The number of amides is 2. The van der Waals surface area contributed by atoms with Gasteiger partial charge in [-0.2, -0.15) is 0 Å². The van der Waals surface area contributed by atoms with Gasteiger partial charge in [-0.25, -0.2) is 9.69 Å². The summed E-state index contributed by atoms with van der Waals surface area (Å²) in [4.78, 5) is 37.4. The standard InChI is InChI=1S/C15H17NO4S/c17-11-9-15(7-3-1-2-4-8-15)14(20)16(11)12-6-5-10(21-12)13(18)19/h5-6H,1-4,7-9H2,(H,18,19). The van der Waals surface area contributed by atoms with E-state index in [9.17, 15) is 14.4 Å². The molecule has 3 rings (SSSR count). The average molecular weight is 307 g/mol. The number of rotatable bonds is 2. The molecular weight excluding hydrogens is 290 g/mol. The zero-order chi connectivity index (χ0) is 15.0. The van der Waals surface area contributed by atoms with Gasteiger partial charge in [0.15, 0.2) is 0 Å². The van der Waals surface area contributed by atoms with Crippen molar-refractivity contribution < 1.29 is 19.5 Å². The number of thiophene rings is 1. The number of aromatic carboxylic acids is 1. The molecule has 112 valence electrons. The second-order valence-electron chi connectivity index (χ2n) is 5.85. The Morgan fingerprint density at radius 3 is 2.38 bits per heavy atom. The molecule has 1 aliphatic heterocycles. The Hall–Kier alpha value is -1.69. The number of carboxylic acids is 1. The lowest BCUT2D eigenvalue weighted by molar-refractivity contribution is -0.126. The van der Waals surface area contributed by atoms with E-state index in [1.54, 1.807) is 6.07 Å². The molecule has 0 unspecified atom stereocenters.